The minimum atomic E-state index is -0.445. The van der Waals surface area contributed by atoms with Crippen LogP contribution in [0.15, 0.2) is 18.3 Å². The molecule has 0 aromatic carbocycles. The number of aromatic nitrogens is 1. The standard InChI is InChI=1S/C10H13NO2/c1-10(2,13-3)9-6-8(7-12)4-5-11-9/h4-7H,1-3H3. The summed E-state index contributed by atoms with van der Waals surface area (Å²) in [6.07, 6.45) is 2.41. The average molecular weight is 179 g/mol. The normalized spacial score (nSPS) is 11.3. The van der Waals surface area contributed by atoms with Crippen molar-refractivity contribution in [3.63, 3.8) is 0 Å². The fourth-order valence-corrected chi connectivity index (χ4v) is 0.954. The Kier molecular flexibility index (Phi) is 2.78. The molecule has 1 heterocycles. The lowest BCUT2D eigenvalue weighted by molar-refractivity contribution is 0.0155. The Morgan fingerprint density at radius 2 is 2.23 bits per heavy atom. The van der Waals surface area contributed by atoms with Crippen LogP contribution in [0.25, 0.3) is 0 Å². The Balaban J connectivity index is 3.08. The molecule has 0 N–H and O–H groups in total. The van der Waals surface area contributed by atoms with Gasteiger partial charge in [0.05, 0.1) is 5.69 Å². The minimum absolute atomic E-state index is 0.445. The SMILES string of the molecule is COC(C)(C)c1cc(C=O)ccn1. The van der Waals surface area contributed by atoms with Crippen LogP contribution in [0.5, 0.6) is 0 Å². The van der Waals surface area contributed by atoms with Crippen LogP contribution in [0.1, 0.15) is 29.9 Å². The molecule has 0 bridgehead atoms. The van der Waals surface area contributed by atoms with Crippen LogP contribution in [-0.4, -0.2) is 18.4 Å². The van der Waals surface area contributed by atoms with Crippen LogP contribution >= 0.6 is 0 Å². The lowest BCUT2D eigenvalue weighted by Crippen LogP contribution is -2.21. The topological polar surface area (TPSA) is 39.2 Å². The molecular weight excluding hydrogens is 166 g/mol. The maximum absolute atomic E-state index is 10.5. The fraction of sp³-hybridized carbons (Fsp3) is 0.400. The maximum atomic E-state index is 10.5. The van der Waals surface area contributed by atoms with Crippen LogP contribution < -0.4 is 0 Å². The second kappa shape index (κ2) is 3.66. The summed E-state index contributed by atoms with van der Waals surface area (Å²) in [7, 11) is 1.62. The summed E-state index contributed by atoms with van der Waals surface area (Å²) in [5, 5.41) is 0. The molecule has 0 fully saturated rings. The van der Waals surface area contributed by atoms with E-state index in [4.69, 9.17) is 4.74 Å². The van der Waals surface area contributed by atoms with Gasteiger partial charge in [0.2, 0.25) is 0 Å². The molecule has 13 heavy (non-hydrogen) atoms. The lowest BCUT2D eigenvalue weighted by Gasteiger charge is -2.22. The summed E-state index contributed by atoms with van der Waals surface area (Å²) < 4.78 is 5.24. The molecule has 0 radical (unpaired) electrons. The Morgan fingerprint density at radius 3 is 2.77 bits per heavy atom. The third-order valence-corrected chi connectivity index (χ3v) is 2.05. The van der Waals surface area contributed by atoms with E-state index < -0.39 is 5.60 Å². The van der Waals surface area contributed by atoms with Gasteiger partial charge in [-0.25, -0.2) is 0 Å². The fourth-order valence-electron chi connectivity index (χ4n) is 0.954. The van der Waals surface area contributed by atoms with Crippen molar-refractivity contribution in [2.24, 2.45) is 0 Å². The van der Waals surface area contributed by atoms with Gasteiger partial charge >= 0.3 is 0 Å². The summed E-state index contributed by atoms with van der Waals surface area (Å²) in [5.74, 6) is 0. The first-order chi connectivity index (χ1) is 6.10. The molecule has 0 spiro atoms. The van der Waals surface area contributed by atoms with E-state index in [-0.39, 0.29) is 0 Å². The first-order valence-electron chi connectivity index (χ1n) is 4.07. The monoisotopic (exact) mass is 179 g/mol. The number of ether oxygens (including phenoxy) is 1. The molecular formula is C10H13NO2. The number of carbonyl (C=O) groups is 1. The molecule has 0 aliphatic heterocycles. The van der Waals surface area contributed by atoms with E-state index in [0.29, 0.717) is 5.56 Å². The zero-order chi connectivity index (χ0) is 9.90. The molecule has 1 rings (SSSR count). The third-order valence-electron chi connectivity index (χ3n) is 2.05. The third kappa shape index (κ3) is 2.12. The van der Waals surface area contributed by atoms with Gasteiger partial charge in [-0.3, -0.25) is 9.78 Å². The largest absolute Gasteiger partial charge is 0.373 e. The first kappa shape index (κ1) is 9.86. The van der Waals surface area contributed by atoms with Gasteiger partial charge in [0.15, 0.2) is 0 Å². The minimum Gasteiger partial charge on any atom is -0.373 e. The summed E-state index contributed by atoms with van der Waals surface area (Å²) in [5.41, 5.74) is 0.939. The van der Waals surface area contributed by atoms with Gasteiger partial charge in [0, 0.05) is 18.9 Å². The van der Waals surface area contributed by atoms with Crippen LogP contribution in [-0.2, 0) is 10.3 Å². The predicted molar refractivity (Wildman–Crippen MR) is 49.7 cm³/mol. The van der Waals surface area contributed by atoms with Crippen molar-refractivity contribution in [3.05, 3.63) is 29.6 Å². The van der Waals surface area contributed by atoms with Gasteiger partial charge in [-0.05, 0) is 26.0 Å². The molecule has 0 atom stereocenters. The van der Waals surface area contributed by atoms with Gasteiger partial charge in [-0.1, -0.05) is 0 Å². The van der Waals surface area contributed by atoms with Gasteiger partial charge in [0.25, 0.3) is 0 Å². The van der Waals surface area contributed by atoms with Crippen molar-refractivity contribution in [3.8, 4) is 0 Å². The molecule has 1 aromatic heterocycles. The zero-order valence-electron chi connectivity index (χ0n) is 8.07. The molecule has 70 valence electrons. The number of hydrogen-bond donors (Lipinski definition) is 0. The Labute approximate surface area is 77.8 Å². The number of nitrogens with zero attached hydrogens (tertiary/aromatic N) is 1. The molecule has 1 aromatic rings. The second-order valence-corrected chi connectivity index (χ2v) is 3.31. The molecule has 0 unspecified atom stereocenters. The summed E-state index contributed by atoms with van der Waals surface area (Å²) in [6.45, 7) is 3.81. The average Bonchev–Trinajstić information content (AvgIpc) is 2.18. The van der Waals surface area contributed by atoms with Crippen molar-refractivity contribution in [1.82, 2.24) is 4.98 Å². The van der Waals surface area contributed by atoms with Crippen LogP contribution in [0.4, 0.5) is 0 Å². The summed E-state index contributed by atoms with van der Waals surface area (Å²) in [6, 6.07) is 3.40. The number of rotatable bonds is 3. The molecule has 0 aliphatic carbocycles. The number of pyridine rings is 1. The second-order valence-electron chi connectivity index (χ2n) is 3.31. The molecule has 3 nitrogen and oxygen atoms in total. The van der Waals surface area contributed by atoms with E-state index in [1.54, 1.807) is 25.4 Å². The van der Waals surface area contributed by atoms with Gasteiger partial charge in [-0.15, -0.1) is 0 Å². The predicted octanol–water partition coefficient (Wildman–Crippen LogP) is 1.78. The Morgan fingerprint density at radius 1 is 1.54 bits per heavy atom. The maximum Gasteiger partial charge on any atom is 0.150 e. The molecule has 0 saturated carbocycles. The van der Waals surface area contributed by atoms with E-state index >= 15 is 0 Å². The highest BCUT2D eigenvalue weighted by atomic mass is 16.5. The Hall–Kier alpha value is -1.22. The van der Waals surface area contributed by atoms with E-state index in [0.717, 1.165) is 12.0 Å². The number of methoxy groups -OCH3 is 1. The zero-order valence-corrected chi connectivity index (χ0v) is 8.07. The van der Waals surface area contributed by atoms with Crippen LogP contribution in [0.3, 0.4) is 0 Å². The summed E-state index contributed by atoms with van der Waals surface area (Å²) >= 11 is 0. The van der Waals surface area contributed by atoms with E-state index in [1.807, 2.05) is 13.8 Å². The molecule has 0 aliphatic rings. The Bertz CT molecular complexity index is 308. The quantitative estimate of drug-likeness (QED) is 0.664. The number of hydrogen-bond acceptors (Lipinski definition) is 3. The molecule has 0 saturated heterocycles. The highest BCUT2D eigenvalue weighted by molar-refractivity contribution is 5.74. The highest BCUT2D eigenvalue weighted by Gasteiger charge is 2.20. The van der Waals surface area contributed by atoms with Gasteiger partial charge < -0.3 is 4.74 Å². The first-order valence-corrected chi connectivity index (χ1v) is 4.07. The van der Waals surface area contributed by atoms with Crippen molar-refractivity contribution in [2.45, 2.75) is 19.4 Å². The molecule has 3 heteroatoms. The van der Waals surface area contributed by atoms with E-state index in [1.165, 1.54) is 0 Å². The van der Waals surface area contributed by atoms with Crippen molar-refractivity contribution < 1.29 is 9.53 Å². The van der Waals surface area contributed by atoms with E-state index in [9.17, 15) is 4.79 Å². The van der Waals surface area contributed by atoms with Crippen molar-refractivity contribution in [2.75, 3.05) is 7.11 Å². The van der Waals surface area contributed by atoms with Gasteiger partial charge in [-0.2, -0.15) is 0 Å². The smallest absolute Gasteiger partial charge is 0.150 e. The van der Waals surface area contributed by atoms with E-state index in [2.05, 4.69) is 4.98 Å². The lowest BCUT2D eigenvalue weighted by atomic mass is 10.0. The number of carbonyl (C=O) groups excluding carboxylic acids is 1. The van der Waals surface area contributed by atoms with Crippen LogP contribution in [0.2, 0.25) is 0 Å². The van der Waals surface area contributed by atoms with Crippen LogP contribution in [0, 0.1) is 0 Å². The molecule has 0 amide bonds. The van der Waals surface area contributed by atoms with Crippen molar-refractivity contribution >= 4 is 6.29 Å². The number of aldehydes is 1. The van der Waals surface area contributed by atoms with Crippen molar-refractivity contribution in [1.29, 1.82) is 0 Å². The highest BCUT2D eigenvalue weighted by Crippen LogP contribution is 2.21. The van der Waals surface area contributed by atoms with Gasteiger partial charge in [0.1, 0.15) is 11.9 Å². The summed E-state index contributed by atoms with van der Waals surface area (Å²) in [4.78, 5) is 14.7.